The second kappa shape index (κ2) is 7.78. The third-order valence-electron chi connectivity index (χ3n) is 4.31. The van der Waals surface area contributed by atoms with E-state index in [0.29, 0.717) is 24.5 Å². The molecule has 3 heteroatoms. The summed E-state index contributed by atoms with van der Waals surface area (Å²) in [5.74, 6) is 1.68. The highest BCUT2D eigenvalue weighted by Gasteiger charge is 2.25. The summed E-state index contributed by atoms with van der Waals surface area (Å²) < 4.78 is 0. The average molecular weight is 254 g/mol. The quantitative estimate of drug-likeness (QED) is 0.765. The first kappa shape index (κ1) is 15.5. The highest BCUT2D eigenvalue weighted by atomic mass is 16.1. The predicted molar refractivity (Wildman–Crippen MR) is 76.5 cm³/mol. The fourth-order valence-electron chi connectivity index (χ4n) is 2.96. The zero-order valence-electron chi connectivity index (χ0n) is 12.5. The molecule has 0 aliphatic heterocycles. The first-order chi connectivity index (χ1) is 8.56. The lowest BCUT2D eigenvalue weighted by Gasteiger charge is -2.33. The minimum atomic E-state index is 0.148. The van der Waals surface area contributed by atoms with Gasteiger partial charge in [0.05, 0.1) is 6.54 Å². The molecule has 0 heterocycles. The van der Waals surface area contributed by atoms with Crippen LogP contribution in [0.5, 0.6) is 0 Å². The van der Waals surface area contributed by atoms with Gasteiger partial charge in [-0.15, -0.1) is 0 Å². The smallest absolute Gasteiger partial charge is 0.234 e. The summed E-state index contributed by atoms with van der Waals surface area (Å²) >= 11 is 0. The summed E-state index contributed by atoms with van der Waals surface area (Å²) in [6.45, 7) is 9.33. The van der Waals surface area contributed by atoms with Gasteiger partial charge < -0.3 is 10.6 Å². The number of rotatable bonds is 6. The summed E-state index contributed by atoms with van der Waals surface area (Å²) in [7, 11) is 0. The van der Waals surface area contributed by atoms with Crippen molar-refractivity contribution in [2.45, 2.75) is 71.9 Å². The molecule has 0 aromatic heterocycles. The van der Waals surface area contributed by atoms with Crippen molar-refractivity contribution >= 4 is 5.91 Å². The van der Waals surface area contributed by atoms with Crippen LogP contribution in [-0.2, 0) is 4.79 Å². The van der Waals surface area contributed by atoms with Crippen LogP contribution in [-0.4, -0.2) is 24.5 Å². The van der Waals surface area contributed by atoms with Gasteiger partial charge in [-0.3, -0.25) is 4.79 Å². The predicted octanol–water partition coefficient (Wildman–Crippen LogP) is 2.71. The van der Waals surface area contributed by atoms with Crippen LogP contribution in [0.4, 0.5) is 0 Å². The van der Waals surface area contributed by atoms with Crippen LogP contribution in [0, 0.1) is 11.8 Å². The van der Waals surface area contributed by atoms with E-state index in [1.54, 1.807) is 0 Å². The van der Waals surface area contributed by atoms with Gasteiger partial charge in [0, 0.05) is 12.1 Å². The Morgan fingerprint density at radius 1 is 1.22 bits per heavy atom. The molecule has 0 bridgehead atoms. The second-order valence-corrected chi connectivity index (χ2v) is 5.96. The van der Waals surface area contributed by atoms with Crippen LogP contribution in [0.15, 0.2) is 0 Å². The maximum atomic E-state index is 11.8. The summed E-state index contributed by atoms with van der Waals surface area (Å²) in [6.07, 6.45) is 5.81. The molecule has 18 heavy (non-hydrogen) atoms. The lowest BCUT2D eigenvalue weighted by molar-refractivity contribution is -0.121. The Bertz CT molecular complexity index is 251. The molecule has 0 spiro atoms. The van der Waals surface area contributed by atoms with E-state index in [-0.39, 0.29) is 5.91 Å². The highest BCUT2D eigenvalue weighted by Crippen LogP contribution is 2.28. The van der Waals surface area contributed by atoms with E-state index in [0.717, 1.165) is 18.8 Å². The van der Waals surface area contributed by atoms with Gasteiger partial charge in [-0.2, -0.15) is 0 Å². The van der Waals surface area contributed by atoms with E-state index >= 15 is 0 Å². The molecule has 0 aromatic carbocycles. The van der Waals surface area contributed by atoms with Gasteiger partial charge in [-0.1, -0.05) is 27.7 Å². The van der Waals surface area contributed by atoms with Crippen LogP contribution >= 0.6 is 0 Å². The molecule has 1 saturated carbocycles. The summed E-state index contributed by atoms with van der Waals surface area (Å²) in [4.78, 5) is 11.8. The molecule has 1 fully saturated rings. The van der Waals surface area contributed by atoms with Gasteiger partial charge in [0.15, 0.2) is 0 Å². The summed E-state index contributed by atoms with van der Waals surface area (Å²) in [6, 6.07) is 0.858. The molecular weight excluding hydrogens is 224 g/mol. The lowest BCUT2D eigenvalue weighted by atomic mass is 9.80. The maximum Gasteiger partial charge on any atom is 0.234 e. The fourth-order valence-corrected chi connectivity index (χ4v) is 2.96. The Hall–Kier alpha value is -0.570. The maximum absolute atomic E-state index is 11.8. The van der Waals surface area contributed by atoms with Gasteiger partial charge >= 0.3 is 0 Å². The monoisotopic (exact) mass is 254 g/mol. The third kappa shape index (κ3) is 4.97. The molecule has 3 unspecified atom stereocenters. The number of hydrogen-bond donors (Lipinski definition) is 2. The highest BCUT2D eigenvalue weighted by molar-refractivity contribution is 5.78. The fraction of sp³-hybridized carbons (Fsp3) is 0.933. The van der Waals surface area contributed by atoms with Crippen molar-refractivity contribution in [1.29, 1.82) is 0 Å². The largest absolute Gasteiger partial charge is 0.352 e. The van der Waals surface area contributed by atoms with Crippen molar-refractivity contribution in [3.63, 3.8) is 0 Å². The van der Waals surface area contributed by atoms with E-state index in [2.05, 4.69) is 38.3 Å². The Kier molecular flexibility index (Phi) is 6.69. The van der Waals surface area contributed by atoms with Crippen molar-refractivity contribution in [3.05, 3.63) is 0 Å². The molecule has 1 aliphatic carbocycles. The standard InChI is InChI=1S/C15H30N2O/c1-5-13(6-2)17-15(18)10-16-14-8-7-11(3)9-12(14)4/h11-14,16H,5-10H2,1-4H3,(H,17,18). The van der Waals surface area contributed by atoms with Gasteiger partial charge in [0.25, 0.3) is 0 Å². The van der Waals surface area contributed by atoms with Gasteiger partial charge in [0.2, 0.25) is 5.91 Å². The number of carbonyl (C=O) groups excluding carboxylic acids is 1. The molecular formula is C15H30N2O. The minimum Gasteiger partial charge on any atom is -0.352 e. The van der Waals surface area contributed by atoms with Gasteiger partial charge in [-0.05, 0) is 43.9 Å². The van der Waals surface area contributed by atoms with Crippen molar-refractivity contribution in [1.82, 2.24) is 10.6 Å². The van der Waals surface area contributed by atoms with E-state index in [4.69, 9.17) is 0 Å². The molecule has 3 atom stereocenters. The zero-order chi connectivity index (χ0) is 13.5. The molecule has 0 radical (unpaired) electrons. The second-order valence-electron chi connectivity index (χ2n) is 5.96. The van der Waals surface area contributed by atoms with Crippen LogP contribution in [0.3, 0.4) is 0 Å². The van der Waals surface area contributed by atoms with Crippen LogP contribution in [0.25, 0.3) is 0 Å². The normalized spacial score (nSPS) is 28.4. The van der Waals surface area contributed by atoms with E-state index < -0.39 is 0 Å². The Morgan fingerprint density at radius 2 is 1.89 bits per heavy atom. The van der Waals surface area contributed by atoms with Crippen LogP contribution in [0.2, 0.25) is 0 Å². The molecule has 3 nitrogen and oxygen atoms in total. The van der Waals surface area contributed by atoms with E-state index in [1.165, 1.54) is 19.3 Å². The molecule has 1 rings (SSSR count). The van der Waals surface area contributed by atoms with Crippen molar-refractivity contribution in [2.24, 2.45) is 11.8 Å². The Balaban J connectivity index is 2.25. The number of amides is 1. The molecule has 2 N–H and O–H groups in total. The number of hydrogen-bond acceptors (Lipinski definition) is 2. The SMILES string of the molecule is CCC(CC)NC(=O)CNC1CCC(C)CC1C. The summed E-state index contributed by atoms with van der Waals surface area (Å²) in [5.41, 5.74) is 0. The third-order valence-corrected chi connectivity index (χ3v) is 4.31. The van der Waals surface area contributed by atoms with Gasteiger partial charge in [-0.25, -0.2) is 0 Å². The van der Waals surface area contributed by atoms with Crippen LogP contribution < -0.4 is 10.6 Å². The molecule has 106 valence electrons. The first-order valence-corrected chi connectivity index (χ1v) is 7.59. The first-order valence-electron chi connectivity index (χ1n) is 7.59. The molecule has 1 aliphatic rings. The van der Waals surface area contributed by atoms with Crippen molar-refractivity contribution in [2.75, 3.05) is 6.54 Å². The zero-order valence-corrected chi connectivity index (χ0v) is 12.5. The molecule has 1 amide bonds. The summed E-state index contributed by atoms with van der Waals surface area (Å²) in [5, 5.41) is 6.51. The number of carbonyl (C=O) groups is 1. The molecule has 0 aromatic rings. The Labute approximate surface area is 112 Å². The Morgan fingerprint density at radius 3 is 2.44 bits per heavy atom. The van der Waals surface area contributed by atoms with Gasteiger partial charge in [0.1, 0.15) is 0 Å². The molecule has 0 saturated heterocycles. The average Bonchev–Trinajstić information content (AvgIpc) is 2.35. The minimum absolute atomic E-state index is 0.148. The van der Waals surface area contributed by atoms with Crippen molar-refractivity contribution < 1.29 is 4.79 Å². The van der Waals surface area contributed by atoms with Crippen molar-refractivity contribution in [3.8, 4) is 0 Å². The van der Waals surface area contributed by atoms with E-state index in [9.17, 15) is 4.79 Å². The topological polar surface area (TPSA) is 41.1 Å². The number of nitrogens with one attached hydrogen (secondary N) is 2. The van der Waals surface area contributed by atoms with Crippen LogP contribution in [0.1, 0.15) is 59.8 Å². The lowest BCUT2D eigenvalue weighted by Crippen LogP contribution is -2.46. The van der Waals surface area contributed by atoms with E-state index in [1.807, 2.05) is 0 Å².